The van der Waals surface area contributed by atoms with Crippen molar-refractivity contribution >= 4 is 46.3 Å². The molecule has 41 heavy (non-hydrogen) atoms. The highest BCUT2D eigenvalue weighted by Crippen LogP contribution is 2.41. The van der Waals surface area contributed by atoms with Crippen LogP contribution in [0.1, 0.15) is 34.3 Å². The molecule has 1 aromatic heterocycles. The number of carbonyl (C=O) groups is 2. The van der Waals surface area contributed by atoms with Crippen molar-refractivity contribution in [1.82, 2.24) is 4.98 Å². The normalized spacial score (nSPS) is 15.9. The van der Waals surface area contributed by atoms with Gasteiger partial charge in [-0.2, -0.15) is 0 Å². The summed E-state index contributed by atoms with van der Waals surface area (Å²) in [4.78, 5) is 31.8. The van der Waals surface area contributed by atoms with E-state index in [4.69, 9.17) is 37.4 Å². The van der Waals surface area contributed by atoms with Gasteiger partial charge >= 0.3 is 0 Å². The van der Waals surface area contributed by atoms with E-state index in [1.54, 1.807) is 18.2 Å². The zero-order valence-corrected chi connectivity index (χ0v) is 22.9. The number of halogens is 1. The number of amides is 2. The number of aromatic nitrogens is 1. The van der Waals surface area contributed by atoms with Crippen LogP contribution in [0.25, 0.3) is 5.70 Å². The van der Waals surface area contributed by atoms with Gasteiger partial charge in [0.05, 0.1) is 35.2 Å². The van der Waals surface area contributed by atoms with Crippen LogP contribution in [0.3, 0.4) is 0 Å². The third-order valence-corrected chi connectivity index (χ3v) is 7.64. The Morgan fingerprint density at radius 1 is 1.05 bits per heavy atom. The van der Waals surface area contributed by atoms with Gasteiger partial charge in [0.15, 0.2) is 11.5 Å². The molecule has 0 unspecified atom stereocenters. The fourth-order valence-corrected chi connectivity index (χ4v) is 5.49. The summed E-state index contributed by atoms with van der Waals surface area (Å²) in [5, 5.41) is 4.74. The van der Waals surface area contributed by atoms with Crippen molar-refractivity contribution in [2.45, 2.75) is 19.3 Å². The van der Waals surface area contributed by atoms with E-state index in [2.05, 4.69) is 15.2 Å². The molecule has 2 aromatic carbocycles. The number of morpholine rings is 1. The maximum absolute atomic E-state index is 13.4. The van der Waals surface area contributed by atoms with Gasteiger partial charge in [-0.1, -0.05) is 17.7 Å². The molecule has 3 aromatic rings. The van der Waals surface area contributed by atoms with Crippen molar-refractivity contribution in [1.29, 1.82) is 0 Å². The van der Waals surface area contributed by atoms with Crippen LogP contribution < -0.4 is 36.3 Å². The third kappa shape index (κ3) is 5.51. The predicted octanol–water partition coefficient (Wildman–Crippen LogP) is 3.47. The van der Waals surface area contributed by atoms with Crippen LogP contribution >= 0.6 is 11.6 Å². The van der Waals surface area contributed by atoms with Gasteiger partial charge in [0.2, 0.25) is 12.7 Å². The number of hydrogen-bond acceptors (Lipinski definition) is 9. The molecule has 12 heteroatoms. The Bertz CT molecular complexity index is 1550. The molecule has 2 amide bonds. The van der Waals surface area contributed by atoms with Crippen LogP contribution in [0.5, 0.6) is 11.5 Å². The number of primary amides is 1. The lowest BCUT2D eigenvalue weighted by Gasteiger charge is -2.31. The minimum absolute atomic E-state index is 0.0561. The number of hydrazine groups is 1. The molecule has 2 aliphatic heterocycles. The predicted molar refractivity (Wildman–Crippen MR) is 155 cm³/mol. The van der Waals surface area contributed by atoms with Gasteiger partial charge in [-0.15, -0.1) is 0 Å². The first kappa shape index (κ1) is 26.9. The molecule has 0 saturated carbocycles. The van der Waals surface area contributed by atoms with Crippen LogP contribution in [0.15, 0.2) is 54.2 Å². The number of benzene rings is 2. The molecule has 1 saturated heterocycles. The second kappa shape index (κ2) is 11.3. The van der Waals surface area contributed by atoms with Gasteiger partial charge in [-0.3, -0.25) is 14.6 Å². The van der Waals surface area contributed by atoms with Crippen LogP contribution in [0, 0.1) is 0 Å². The number of ether oxygens (including phenoxy) is 3. The number of aryl methyl sites for hydroxylation is 1. The average Bonchev–Trinajstić information content (AvgIpc) is 3.45. The number of rotatable bonds is 7. The van der Waals surface area contributed by atoms with E-state index in [0.717, 1.165) is 16.7 Å². The maximum Gasteiger partial charge on any atom is 0.257 e. The summed E-state index contributed by atoms with van der Waals surface area (Å²) in [7, 11) is 0. The second-order valence-corrected chi connectivity index (χ2v) is 10.4. The van der Waals surface area contributed by atoms with Gasteiger partial charge in [0, 0.05) is 43.0 Å². The Labute approximate surface area is 241 Å². The molecule has 6 rings (SSSR count). The Kier molecular flexibility index (Phi) is 7.39. The van der Waals surface area contributed by atoms with Gasteiger partial charge in [0.25, 0.3) is 5.91 Å². The second-order valence-electron chi connectivity index (χ2n) is 9.95. The van der Waals surface area contributed by atoms with E-state index in [9.17, 15) is 9.59 Å². The summed E-state index contributed by atoms with van der Waals surface area (Å²) in [6, 6.07) is 12.7. The Morgan fingerprint density at radius 3 is 2.66 bits per heavy atom. The highest BCUT2D eigenvalue weighted by molar-refractivity contribution is 6.34. The number of anilines is 3. The van der Waals surface area contributed by atoms with Crippen molar-refractivity contribution in [3.63, 3.8) is 0 Å². The average molecular weight is 577 g/mol. The van der Waals surface area contributed by atoms with Crippen LogP contribution in [0.4, 0.5) is 17.2 Å². The quantitative estimate of drug-likeness (QED) is 0.284. The molecule has 3 aliphatic rings. The third-order valence-electron chi connectivity index (χ3n) is 7.34. The molecular weight excluding hydrogens is 548 g/mol. The van der Waals surface area contributed by atoms with Gasteiger partial charge in [0.1, 0.15) is 5.82 Å². The van der Waals surface area contributed by atoms with E-state index in [-0.39, 0.29) is 24.1 Å². The lowest BCUT2D eigenvalue weighted by Crippen LogP contribution is -2.36. The topological polar surface area (TPSA) is 145 Å². The standard InChI is InChI=1S/C29H29ClN6O5/c30-23-15-33-27(35-7-9-39-10-8-35)14-22(23)29(38)34-19-4-3-17-1-2-18(11-26(31)37)28(21(17)12-19)36(32)20-5-6-24-25(13-20)41-16-40-24/h3-6,12-15H,1-2,7-11,16,32H2,(H2,31,37)(H,34,38). The molecule has 5 N–H and O–H groups in total. The van der Waals surface area contributed by atoms with Crippen molar-refractivity contribution in [2.75, 3.05) is 48.3 Å². The van der Waals surface area contributed by atoms with Crippen molar-refractivity contribution in [2.24, 2.45) is 11.6 Å². The number of nitrogens with zero attached hydrogens (tertiary/aromatic N) is 3. The van der Waals surface area contributed by atoms with Crippen LogP contribution in [-0.2, 0) is 16.0 Å². The SMILES string of the molecule is NC(=O)CC1=C(N(N)c2ccc3c(c2)OCO3)c2cc(NC(=O)c3cc(N4CCOCC4)ncc3Cl)ccc2CC1. The molecule has 3 heterocycles. The summed E-state index contributed by atoms with van der Waals surface area (Å²) < 4.78 is 16.4. The first-order chi connectivity index (χ1) is 19.9. The largest absolute Gasteiger partial charge is 0.454 e. The lowest BCUT2D eigenvalue weighted by molar-refractivity contribution is -0.117. The number of nitrogens with two attached hydrogens (primary N) is 2. The van der Waals surface area contributed by atoms with E-state index < -0.39 is 5.91 Å². The van der Waals surface area contributed by atoms with Crippen molar-refractivity contribution in [3.8, 4) is 11.5 Å². The number of hydrogen-bond donors (Lipinski definition) is 3. The molecule has 0 atom stereocenters. The summed E-state index contributed by atoms with van der Waals surface area (Å²) in [5.74, 6) is 7.75. The smallest absolute Gasteiger partial charge is 0.257 e. The summed E-state index contributed by atoms with van der Waals surface area (Å²) in [6.45, 7) is 2.70. The van der Waals surface area contributed by atoms with E-state index >= 15 is 0 Å². The van der Waals surface area contributed by atoms with Crippen LogP contribution in [0.2, 0.25) is 5.02 Å². The molecular formula is C29H29ClN6O5. The Hall–Kier alpha value is -4.32. The number of fused-ring (bicyclic) bond motifs is 2. The summed E-state index contributed by atoms with van der Waals surface area (Å²) >= 11 is 6.39. The molecule has 212 valence electrons. The number of pyridine rings is 1. The zero-order valence-electron chi connectivity index (χ0n) is 22.2. The zero-order chi connectivity index (χ0) is 28.5. The Morgan fingerprint density at radius 2 is 1.85 bits per heavy atom. The number of nitrogens with one attached hydrogen (secondary N) is 1. The van der Waals surface area contributed by atoms with Gasteiger partial charge < -0.3 is 30.2 Å². The first-order valence-electron chi connectivity index (χ1n) is 13.2. The Balaban J connectivity index is 1.32. The number of carbonyl (C=O) groups excluding carboxylic acids is 2. The first-order valence-corrected chi connectivity index (χ1v) is 13.6. The molecule has 1 aliphatic carbocycles. The minimum atomic E-state index is -0.451. The molecule has 0 spiro atoms. The highest BCUT2D eigenvalue weighted by Gasteiger charge is 2.26. The maximum atomic E-state index is 13.4. The fraction of sp³-hybridized carbons (Fsp3) is 0.276. The lowest BCUT2D eigenvalue weighted by atomic mass is 9.87. The molecule has 0 bridgehead atoms. The molecule has 11 nitrogen and oxygen atoms in total. The van der Waals surface area contributed by atoms with Gasteiger partial charge in [-0.05, 0) is 54.3 Å². The fourth-order valence-electron chi connectivity index (χ4n) is 5.30. The van der Waals surface area contributed by atoms with E-state index in [0.29, 0.717) is 79.1 Å². The van der Waals surface area contributed by atoms with Crippen molar-refractivity contribution < 1.29 is 23.8 Å². The van der Waals surface area contributed by atoms with Crippen LogP contribution in [-0.4, -0.2) is 49.9 Å². The summed E-state index contributed by atoms with van der Waals surface area (Å²) in [6.07, 6.45) is 2.86. The highest BCUT2D eigenvalue weighted by atomic mass is 35.5. The monoisotopic (exact) mass is 576 g/mol. The van der Waals surface area contributed by atoms with Crippen molar-refractivity contribution in [3.05, 3.63) is 75.9 Å². The molecule has 0 radical (unpaired) electrons. The molecule has 1 fully saturated rings. The van der Waals surface area contributed by atoms with Gasteiger partial charge in [-0.25, -0.2) is 10.8 Å². The summed E-state index contributed by atoms with van der Waals surface area (Å²) in [5.41, 5.74) is 10.4. The minimum Gasteiger partial charge on any atom is -0.454 e. The van der Waals surface area contributed by atoms with E-state index in [1.165, 1.54) is 11.2 Å². The van der Waals surface area contributed by atoms with E-state index in [1.807, 2.05) is 24.3 Å².